The molecule has 0 atom stereocenters. The van der Waals surface area contributed by atoms with Crippen molar-refractivity contribution in [3.63, 3.8) is 0 Å². The number of rotatable bonds is 2. The molecule has 1 aromatic rings. The van der Waals surface area contributed by atoms with Gasteiger partial charge >= 0.3 is 0 Å². The maximum Gasteiger partial charge on any atom is 0.251 e. The fraction of sp³-hybridized carbons (Fsp3) is 0.364. The van der Waals surface area contributed by atoms with Crippen LogP contribution in [0.25, 0.3) is 0 Å². The monoisotopic (exact) mass is 224 g/mol. The van der Waals surface area contributed by atoms with Crippen molar-refractivity contribution in [2.45, 2.75) is 25.3 Å². The molecule has 1 fully saturated rings. The lowest BCUT2D eigenvalue weighted by atomic mass is 10.1. The molecule has 15 heavy (non-hydrogen) atoms. The fourth-order valence-electron chi connectivity index (χ4n) is 1.40. The van der Waals surface area contributed by atoms with Crippen molar-refractivity contribution in [1.82, 2.24) is 5.32 Å². The van der Waals surface area contributed by atoms with Gasteiger partial charge < -0.3 is 11.1 Å². The van der Waals surface area contributed by atoms with Crippen molar-refractivity contribution in [2.75, 3.05) is 5.73 Å². The maximum atomic E-state index is 11.8. The van der Waals surface area contributed by atoms with E-state index in [0.717, 1.165) is 12.8 Å². The van der Waals surface area contributed by atoms with E-state index < -0.39 is 0 Å². The Morgan fingerprint density at radius 2 is 2.13 bits per heavy atom. The Morgan fingerprint density at radius 1 is 1.47 bits per heavy atom. The first-order chi connectivity index (χ1) is 6.98. The van der Waals surface area contributed by atoms with Gasteiger partial charge in [-0.1, -0.05) is 11.6 Å². The lowest BCUT2D eigenvalue weighted by molar-refractivity contribution is 0.0935. The summed E-state index contributed by atoms with van der Waals surface area (Å²) < 4.78 is 0. The highest BCUT2D eigenvalue weighted by Gasteiger charge is 2.38. The Kier molecular flexibility index (Phi) is 2.35. The van der Waals surface area contributed by atoms with Gasteiger partial charge in [-0.2, -0.15) is 0 Å². The Hall–Kier alpha value is -1.22. The predicted molar refractivity (Wildman–Crippen MR) is 61.0 cm³/mol. The number of nitrogens with two attached hydrogens (primary N) is 1. The van der Waals surface area contributed by atoms with Crippen LogP contribution in [0.4, 0.5) is 5.69 Å². The van der Waals surface area contributed by atoms with E-state index in [-0.39, 0.29) is 11.4 Å². The third kappa shape index (κ3) is 2.42. The molecule has 2 rings (SSSR count). The van der Waals surface area contributed by atoms with Gasteiger partial charge in [0.2, 0.25) is 0 Å². The van der Waals surface area contributed by atoms with Gasteiger partial charge in [0.15, 0.2) is 0 Å². The Bertz CT molecular complexity index is 393. The first-order valence-corrected chi connectivity index (χ1v) is 5.25. The lowest BCUT2D eigenvalue weighted by Crippen LogP contribution is -2.34. The number of hydrogen-bond donors (Lipinski definition) is 2. The minimum Gasteiger partial charge on any atom is -0.399 e. The third-order valence-corrected chi connectivity index (χ3v) is 2.82. The first-order valence-electron chi connectivity index (χ1n) is 4.87. The van der Waals surface area contributed by atoms with Crippen LogP contribution in [0, 0.1) is 0 Å². The number of halogens is 1. The molecular weight excluding hydrogens is 212 g/mol. The molecule has 0 spiro atoms. The molecule has 0 aliphatic heterocycles. The number of hydrogen-bond acceptors (Lipinski definition) is 2. The molecule has 0 aromatic heterocycles. The minimum absolute atomic E-state index is 0.0197. The van der Waals surface area contributed by atoms with Crippen molar-refractivity contribution >= 4 is 23.2 Å². The van der Waals surface area contributed by atoms with Crippen LogP contribution in [0.5, 0.6) is 0 Å². The number of benzene rings is 1. The third-order valence-electron chi connectivity index (χ3n) is 2.60. The minimum atomic E-state index is -0.107. The zero-order valence-corrected chi connectivity index (χ0v) is 9.27. The molecule has 1 saturated carbocycles. The van der Waals surface area contributed by atoms with Gasteiger partial charge in [-0.3, -0.25) is 4.79 Å². The molecule has 0 bridgehead atoms. The largest absolute Gasteiger partial charge is 0.399 e. The Morgan fingerprint density at radius 3 is 2.67 bits per heavy atom. The van der Waals surface area contributed by atoms with Crippen LogP contribution in [0.1, 0.15) is 30.1 Å². The molecule has 0 heterocycles. The van der Waals surface area contributed by atoms with Crippen LogP contribution >= 0.6 is 11.6 Å². The van der Waals surface area contributed by atoms with Crippen LogP contribution < -0.4 is 11.1 Å². The molecule has 3 nitrogen and oxygen atoms in total. The van der Waals surface area contributed by atoms with Gasteiger partial charge in [0.05, 0.1) is 0 Å². The summed E-state index contributed by atoms with van der Waals surface area (Å²) in [6.07, 6.45) is 2.07. The van der Waals surface area contributed by atoms with Crippen LogP contribution in [-0.4, -0.2) is 11.4 Å². The molecule has 0 saturated heterocycles. The van der Waals surface area contributed by atoms with Crippen LogP contribution in [0.3, 0.4) is 0 Å². The molecular formula is C11H13ClN2O. The van der Waals surface area contributed by atoms with Crippen molar-refractivity contribution in [3.8, 4) is 0 Å². The SMILES string of the molecule is CC1(NC(=O)c2cc(N)cc(Cl)c2)CC1. The molecule has 4 heteroatoms. The number of anilines is 1. The number of carbonyl (C=O) groups excluding carboxylic acids is 1. The highest BCUT2D eigenvalue weighted by Crippen LogP contribution is 2.34. The number of amides is 1. The summed E-state index contributed by atoms with van der Waals surface area (Å²) in [4.78, 5) is 11.8. The van der Waals surface area contributed by atoms with E-state index >= 15 is 0 Å². The topological polar surface area (TPSA) is 55.1 Å². The van der Waals surface area contributed by atoms with Crippen LogP contribution in [0.15, 0.2) is 18.2 Å². The van der Waals surface area contributed by atoms with Gasteiger partial charge in [0.25, 0.3) is 5.91 Å². The zero-order valence-electron chi connectivity index (χ0n) is 8.51. The van der Waals surface area contributed by atoms with Crippen LogP contribution in [-0.2, 0) is 0 Å². The second-order valence-corrected chi connectivity index (χ2v) is 4.72. The normalized spacial score (nSPS) is 17.2. The summed E-state index contributed by atoms with van der Waals surface area (Å²) in [6.45, 7) is 2.03. The van der Waals surface area contributed by atoms with Crippen LogP contribution in [0.2, 0.25) is 5.02 Å². The summed E-state index contributed by atoms with van der Waals surface area (Å²) in [6, 6.07) is 4.88. The van der Waals surface area contributed by atoms with Gasteiger partial charge in [-0.05, 0) is 38.0 Å². The number of carbonyl (C=O) groups is 1. The Balaban J connectivity index is 2.17. The highest BCUT2D eigenvalue weighted by molar-refractivity contribution is 6.31. The average Bonchev–Trinajstić information content (AvgIpc) is 2.81. The van der Waals surface area contributed by atoms with Gasteiger partial charge in [0.1, 0.15) is 0 Å². The van der Waals surface area contributed by atoms with Crippen molar-refractivity contribution in [1.29, 1.82) is 0 Å². The van der Waals surface area contributed by atoms with E-state index in [0.29, 0.717) is 16.3 Å². The summed E-state index contributed by atoms with van der Waals surface area (Å²) in [7, 11) is 0. The molecule has 1 amide bonds. The standard InChI is InChI=1S/C11H13ClN2O/c1-11(2-3-11)14-10(15)7-4-8(12)6-9(13)5-7/h4-6H,2-3,13H2,1H3,(H,14,15). The van der Waals surface area contributed by atoms with E-state index in [4.69, 9.17) is 17.3 Å². The molecule has 80 valence electrons. The first kappa shape index (κ1) is 10.3. The average molecular weight is 225 g/mol. The summed E-state index contributed by atoms with van der Waals surface area (Å²) in [5.41, 5.74) is 6.62. The van der Waals surface area contributed by atoms with E-state index in [9.17, 15) is 4.79 Å². The van der Waals surface area contributed by atoms with E-state index in [1.54, 1.807) is 18.2 Å². The zero-order chi connectivity index (χ0) is 11.1. The number of nitrogens with one attached hydrogen (secondary N) is 1. The van der Waals surface area contributed by atoms with E-state index in [2.05, 4.69) is 5.32 Å². The fourth-order valence-corrected chi connectivity index (χ4v) is 1.65. The molecule has 1 aliphatic rings. The summed E-state index contributed by atoms with van der Waals surface area (Å²) >= 11 is 5.82. The quantitative estimate of drug-likeness (QED) is 0.757. The molecule has 0 unspecified atom stereocenters. The van der Waals surface area contributed by atoms with Crippen molar-refractivity contribution in [2.24, 2.45) is 0 Å². The highest BCUT2D eigenvalue weighted by atomic mass is 35.5. The lowest BCUT2D eigenvalue weighted by Gasteiger charge is -2.11. The number of nitrogen functional groups attached to an aromatic ring is 1. The van der Waals surface area contributed by atoms with Gasteiger partial charge in [-0.25, -0.2) is 0 Å². The maximum absolute atomic E-state index is 11.8. The van der Waals surface area contributed by atoms with E-state index in [1.807, 2.05) is 6.92 Å². The van der Waals surface area contributed by atoms with Crippen molar-refractivity contribution < 1.29 is 4.79 Å². The summed E-state index contributed by atoms with van der Waals surface area (Å²) in [5, 5.41) is 3.43. The van der Waals surface area contributed by atoms with Gasteiger partial charge in [0, 0.05) is 21.8 Å². The second kappa shape index (κ2) is 3.42. The predicted octanol–water partition coefficient (Wildman–Crippen LogP) is 2.20. The van der Waals surface area contributed by atoms with Crippen molar-refractivity contribution in [3.05, 3.63) is 28.8 Å². The smallest absolute Gasteiger partial charge is 0.251 e. The summed E-state index contributed by atoms with van der Waals surface area (Å²) in [5.74, 6) is -0.107. The molecule has 3 N–H and O–H groups in total. The molecule has 1 aromatic carbocycles. The molecule has 0 radical (unpaired) electrons. The van der Waals surface area contributed by atoms with Gasteiger partial charge in [-0.15, -0.1) is 0 Å². The Labute approximate surface area is 93.6 Å². The second-order valence-electron chi connectivity index (χ2n) is 4.29. The van der Waals surface area contributed by atoms with E-state index in [1.165, 1.54) is 0 Å². The molecule has 1 aliphatic carbocycles.